The SMILES string of the molecule is COCC(=O)N1CCC[C@H]1c1nc(C)c2c(n1)N(Cc1ccc(C)cc1)C(=O)CC2. The van der Waals surface area contributed by atoms with Gasteiger partial charge >= 0.3 is 0 Å². The van der Waals surface area contributed by atoms with Crippen LogP contribution in [0.25, 0.3) is 0 Å². The molecule has 2 amide bonds. The first-order valence-corrected chi connectivity index (χ1v) is 10.5. The summed E-state index contributed by atoms with van der Waals surface area (Å²) in [6.07, 6.45) is 2.84. The third-order valence-corrected chi connectivity index (χ3v) is 5.96. The summed E-state index contributed by atoms with van der Waals surface area (Å²) >= 11 is 0. The zero-order chi connectivity index (χ0) is 21.3. The van der Waals surface area contributed by atoms with Crippen LogP contribution in [0.1, 0.15) is 53.5 Å². The quantitative estimate of drug-likeness (QED) is 0.760. The lowest BCUT2D eigenvalue weighted by molar-refractivity contribution is -0.136. The number of hydrogen-bond donors (Lipinski definition) is 0. The number of methoxy groups -OCH3 is 1. The topological polar surface area (TPSA) is 75.6 Å². The Morgan fingerprint density at radius 3 is 2.67 bits per heavy atom. The minimum Gasteiger partial charge on any atom is -0.375 e. The number of likely N-dealkylation sites (tertiary alicyclic amines) is 1. The molecule has 1 aromatic heterocycles. The number of rotatable bonds is 5. The van der Waals surface area contributed by atoms with Crippen molar-refractivity contribution in [2.75, 3.05) is 25.2 Å². The van der Waals surface area contributed by atoms with E-state index in [0.717, 1.165) is 29.7 Å². The Morgan fingerprint density at radius 1 is 1.17 bits per heavy atom. The molecule has 1 saturated heterocycles. The third-order valence-electron chi connectivity index (χ3n) is 5.96. The Morgan fingerprint density at radius 2 is 1.93 bits per heavy atom. The maximum Gasteiger partial charge on any atom is 0.249 e. The smallest absolute Gasteiger partial charge is 0.249 e. The van der Waals surface area contributed by atoms with Crippen LogP contribution < -0.4 is 4.90 Å². The number of carbonyl (C=O) groups excluding carboxylic acids is 2. The maximum absolute atomic E-state index is 12.8. The number of aryl methyl sites for hydroxylation is 2. The predicted octanol–water partition coefficient (Wildman–Crippen LogP) is 2.88. The highest BCUT2D eigenvalue weighted by atomic mass is 16.5. The molecular formula is C23H28N4O3. The second-order valence-electron chi connectivity index (χ2n) is 8.11. The lowest BCUT2D eigenvalue weighted by atomic mass is 10.0. The van der Waals surface area contributed by atoms with Crippen LogP contribution in [-0.2, 0) is 27.3 Å². The fourth-order valence-corrected chi connectivity index (χ4v) is 4.33. The maximum atomic E-state index is 12.8. The van der Waals surface area contributed by atoms with Gasteiger partial charge in [0.2, 0.25) is 11.8 Å². The van der Waals surface area contributed by atoms with Crippen LogP contribution in [0.15, 0.2) is 24.3 Å². The molecule has 4 rings (SSSR count). The molecule has 0 spiro atoms. The first-order chi connectivity index (χ1) is 14.5. The van der Waals surface area contributed by atoms with Gasteiger partial charge in [0.15, 0.2) is 5.82 Å². The second-order valence-corrected chi connectivity index (χ2v) is 8.11. The Kier molecular flexibility index (Phi) is 5.81. The van der Waals surface area contributed by atoms with Gasteiger partial charge in [-0.3, -0.25) is 14.5 Å². The van der Waals surface area contributed by atoms with E-state index in [2.05, 4.69) is 12.1 Å². The Labute approximate surface area is 177 Å². The van der Waals surface area contributed by atoms with Gasteiger partial charge in [-0.2, -0.15) is 0 Å². The van der Waals surface area contributed by atoms with Crippen molar-refractivity contribution in [2.24, 2.45) is 0 Å². The van der Waals surface area contributed by atoms with E-state index in [4.69, 9.17) is 14.7 Å². The number of fused-ring (bicyclic) bond motifs is 1. The number of nitrogens with zero attached hydrogens (tertiary/aromatic N) is 4. The van der Waals surface area contributed by atoms with Crippen molar-refractivity contribution in [2.45, 2.75) is 52.1 Å². The summed E-state index contributed by atoms with van der Waals surface area (Å²) in [6.45, 7) is 5.24. The standard InChI is InChI=1S/C23H28N4O3/c1-15-6-8-17(9-7-15)13-27-20(28)11-10-18-16(2)24-22(25-23(18)27)19-5-4-12-26(19)21(29)14-30-3/h6-9,19H,4-5,10-14H2,1-3H3/t19-/m0/s1. The minimum absolute atomic E-state index is 0.0495. The van der Waals surface area contributed by atoms with Crippen molar-refractivity contribution >= 4 is 17.6 Å². The molecule has 7 heteroatoms. The van der Waals surface area contributed by atoms with E-state index in [1.54, 1.807) is 9.80 Å². The highest BCUT2D eigenvalue weighted by molar-refractivity contribution is 5.95. The number of amides is 2. The summed E-state index contributed by atoms with van der Waals surface area (Å²) in [7, 11) is 1.52. The van der Waals surface area contributed by atoms with E-state index in [0.29, 0.717) is 37.6 Å². The zero-order valence-corrected chi connectivity index (χ0v) is 17.9. The van der Waals surface area contributed by atoms with Crippen molar-refractivity contribution in [1.29, 1.82) is 0 Å². The molecular weight excluding hydrogens is 380 g/mol. The molecule has 2 aliphatic heterocycles. The highest BCUT2D eigenvalue weighted by Gasteiger charge is 2.35. The number of aromatic nitrogens is 2. The molecule has 3 heterocycles. The molecule has 0 N–H and O–H groups in total. The van der Waals surface area contributed by atoms with Crippen molar-refractivity contribution < 1.29 is 14.3 Å². The van der Waals surface area contributed by atoms with Gasteiger partial charge in [-0.05, 0) is 38.7 Å². The molecule has 0 saturated carbocycles. The molecule has 0 aliphatic carbocycles. The lowest BCUT2D eigenvalue weighted by Gasteiger charge is -2.31. The van der Waals surface area contributed by atoms with Gasteiger partial charge in [-0.1, -0.05) is 29.8 Å². The summed E-state index contributed by atoms with van der Waals surface area (Å²) in [5.74, 6) is 1.34. The van der Waals surface area contributed by atoms with Gasteiger partial charge < -0.3 is 9.64 Å². The summed E-state index contributed by atoms with van der Waals surface area (Å²) < 4.78 is 5.04. The summed E-state index contributed by atoms with van der Waals surface area (Å²) in [5, 5.41) is 0. The normalized spacial score (nSPS) is 18.6. The van der Waals surface area contributed by atoms with Gasteiger partial charge in [-0.15, -0.1) is 0 Å². The van der Waals surface area contributed by atoms with E-state index in [1.165, 1.54) is 12.7 Å². The van der Waals surface area contributed by atoms with Crippen LogP contribution in [-0.4, -0.2) is 46.9 Å². The molecule has 2 aliphatic rings. The molecule has 158 valence electrons. The van der Waals surface area contributed by atoms with Crippen LogP contribution in [0.4, 0.5) is 5.82 Å². The first-order valence-electron chi connectivity index (χ1n) is 10.5. The fourth-order valence-electron chi connectivity index (χ4n) is 4.33. The van der Waals surface area contributed by atoms with Crippen LogP contribution >= 0.6 is 0 Å². The van der Waals surface area contributed by atoms with E-state index in [1.807, 2.05) is 26.0 Å². The van der Waals surface area contributed by atoms with Crippen LogP contribution in [0, 0.1) is 13.8 Å². The Hall–Kier alpha value is -2.80. The van der Waals surface area contributed by atoms with E-state index < -0.39 is 0 Å². The molecule has 1 aromatic carbocycles. The van der Waals surface area contributed by atoms with Crippen molar-refractivity contribution in [1.82, 2.24) is 14.9 Å². The number of ether oxygens (including phenoxy) is 1. The molecule has 2 aromatic rings. The largest absolute Gasteiger partial charge is 0.375 e. The van der Waals surface area contributed by atoms with E-state index in [-0.39, 0.29) is 24.5 Å². The van der Waals surface area contributed by atoms with Crippen LogP contribution in [0.2, 0.25) is 0 Å². The summed E-state index contributed by atoms with van der Waals surface area (Å²) in [6, 6.07) is 8.04. The van der Waals surface area contributed by atoms with Gasteiger partial charge in [0.05, 0.1) is 12.6 Å². The van der Waals surface area contributed by atoms with Gasteiger partial charge in [0.1, 0.15) is 12.4 Å². The summed E-state index contributed by atoms with van der Waals surface area (Å²) in [5.41, 5.74) is 4.17. The van der Waals surface area contributed by atoms with Gasteiger partial charge in [0.25, 0.3) is 0 Å². The highest BCUT2D eigenvalue weighted by Crippen LogP contribution is 2.35. The molecule has 7 nitrogen and oxygen atoms in total. The van der Waals surface area contributed by atoms with Crippen molar-refractivity contribution in [3.05, 3.63) is 52.5 Å². The second kappa shape index (κ2) is 8.52. The Balaban J connectivity index is 1.69. The van der Waals surface area contributed by atoms with E-state index in [9.17, 15) is 9.59 Å². The number of hydrogen-bond acceptors (Lipinski definition) is 5. The molecule has 0 unspecified atom stereocenters. The van der Waals surface area contributed by atoms with Crippen LogP contribution in [0.3, 0.4) is 0 Å². The van der Waals surface area contributed by atoms with E-state index >= 15 is 0 Å². The number of anilines is 1. The van der Waals surface area contributed by atoms with Crippen LogP contribution in [0.5, 0.6) is 0 Å². The molecule has 0 bridgehead atoms. The molecule has 1 atom stereocenters. The average Bonchev–Trinajstić information content (AvgIpc) is 3.22. The number of benzene rings is 1. The van der Waals surface area contributed by atoms with Gasteiger partial charge in [0, 0.05) is 31.3 Å². The van der Waals surface area contributed by atoms with Crippen molar-refractivity contribution in [3.63, 3.8) is 0 Å². The average molecular weight is 409 g/mol. The number of carbonyl (C=O) groups is 2. The Bertz CT molecular complexity index is 958. The third kappa shape index (κ3) is 3.94. The van der Waals surface area contributed by atoms with Crippen molar-refractivity contribution in [3.8, 4) is 0 Å². The first kappa shape index (κ1) is 20.5. The molecule has 30 heavy (non-hydrogen) atoms. The zero-order valence-electron chi connectivity index (χ0n) is 17.9. The minimum atomic E-state index is -0.171. The monoisotopic (exact) mass is 408 g/mol. The molecule has 0 radical (unpaired) electrons. The van der Waals surface area contributed by atoms with Gasteiger partial charge in [-0.25, -0.2) is 9.97 Å². The summed E-state index contributed by atoms with van der Waals surface area (Å²) in [4.78, 5) is 38.5. The predicted molar refractivity (Wildman–Crippen MR) is 113 cm³/mol. The molecule has 1 fully saturated rings. The fraction of sp³-hybridized carbons (Fsp3) is 0.478. The lowest BCUT2D eigenvalue weighted by Crippen LogP contribution is -2.38.